The number of esters is 2. The molecule has 0 saturated carbocycles. The first-order valence-electron chi connectivity index (χ1n) is 15.4. The van der Waals surface area contributed by atoms with E-state index in [4.69, 9.17) is 21.7 Å². The van der Waals surface area contributed by atoms with E-state index >= 15 is 0 Å². The van der Waals surface area contributed by atoms with E-state index in [9.17, 15) is 22.8 Å². The summed E-state index contributed by atoms with van der Waals surface area (Å²) in [7, 11) is -2.84. The molecular formula is C34H70O7S2. The van der Waals surface area contributed by atoms with Crippen molar-refractivity contribution in [2.75, 3.05) is 12.4 Å². The van der Waals surface area contributed by atoms with Gasteiger partial charge in [-0.05, 0) is 85.9 Å². The second kappa shape index (κ2) is 22.2. The predicted octanol–water partition coefficient (Wildman–Crippen LogP) is 9.38. The molecule has 0 radical (unpaired) electrons. The highest BCUT2D eigenvalue weighted by atomic mass is 32.2. The number of sulfone groups is 1. The highest BCUT2D eigenvalue weighted by Crippen LogP contribution is 2.18. The molecule has 0 heterocycles. The second-order valence-electron chi connectivity index (χ2n) is 15.0. The van der Waals surface area contributed by atoms with Gasteiger partial charge in [-0.15, -0.1) is 0 Å². The SMILES string of the molecule is CCC(=O)C(C)(C)C.CCC(=O)OC(C)(C)C.CCC(=S)C(C)(C)C.CCOC(=O)C(C)(C)C.CCS(=O)(=O)C(C)(C)C. The van der Waals surface area contributed by atoms with Crippen molar-refractivity contribution in [1.82, 2.24) is 0 Å². The minimum absolute atomic E-state index is 0.130. The van der Waals surface area contributed by atoms with Crippen molar-refractivity contribution in [2.24, 2.45) is 16.2 Å². The molecule has 43 heavy (non-hydrogen) atoms. The summed E-state index contributed by atoms with van der Waals surface area (Å²) >= 11 is 5.09. The minimum atomic E-state index is -2.84. The van der Waals surface area contributed by atoms with Gasteiger partial charge < -0.3 is 9.47 Å². The van der Waals surface area contributed by atoms with E-state index < -0.39 is 14.6 Å². The zero-order valence-electron chi connectivity index (χ0n) is 31.7. The molecule has 0 rings (SSSR count). The first kappa shape index (κ1) is 51.2. The Hall–Kier alpha value is -1.35. The predicted molar refractivity (Wildman–Crippen MR) is 189 cm³/mol. The van der Waals surface area contributed by atoms with E-state index in [2.05, 4.69) is 27.7 Å². The number of thiocarbonyl (C=S) groups is 1. The van der Waals surface area contributed by atoms with Gasteiger partial charge in [0.15, 0.2) is 9.84 Å². The van der Waals surface area contributed by atoms with Gasteiger partial charge in [0.25, 0.3) is 0 Å². The molecule has 0 aromatic carbocycles. The Kier molecular flexibility index (Phi) is 26.5. The molecule has 0 fully saturated rings. The van der Waals surface area contributed by atoms with Crippen LogP contribution >= 0.6 is 12.2 Å². The Bertz CT molecular complexity index is 873. The normalized spacial score (nSPS) is 11.8. The highest BCUT2D eigenvalue weighted by Gasteiger charge is 2.26. The summed E-state index contributed by atoms with van der Waals surface area (Å²) in [6.45, 7) is 38.3. The van der Waals surface area contributed by atoms with Crippen LogP contribution in [0.3, 0.4) is 0 Å². The van der Waals surface area contributed by atoms with E-state index in [1.807, 2.05) is 76.2 Å². The average molecular weight is 655 g/mol. The molecule has 0 aliphatic rings. The lowest BCUT2D eigenvalue weighted by atomic mass is 9.90. The van der Waals surface area contributed by atoms with Gasteiger partial charge in [0, 0.05) is 24.0 Å². The van der Waals surface area contributed by atoms with Gasteiger partial charge in [-0.25, -0.2) is 8.42 Å². The van der Waals surface area contributed by atoms with Crippen LogP contribution in [0, 0.1) is 16.2 Å². The molecule has 260 valence electrons. The number of Topliss-reactive ketones (excluding diaryl/α,β-unsaturated/α-hetero) is 1. The van der Waals surface area contributed by atoms with E-state index in [1.165, 1.54) is 0 Å². The standard InChI is InChI=1S/2C7H14O2.C7H14O.C7H14S.C6H14O2S/c1-5-9-6(8)7(2,3)4;1-5-6(8)9-7(2,3)4;2*1-5-6(8)7(2,3)4;1-5-9(7,8)6(2,3)4/h2*5H2,1-4H3;2*5H2,1-4H3;5H2,1-4H3. The fourth-order valence-electron chi connectivity index (χ4n) is 2.25. The van der Waals surface area contributed by atoms with Crippen LogP contribution in [-0.4, -0.2) is 53.7 Å². The third-order valence-electron chi connectivity index (χ3n) is 5.22. The van der Waals surface area contributed by atoms with E-state index in [1.54, 1.807) is 34.6 Å². The summed E-state index contributed by atoms with van der Waals surface area (Å²) in [5.74, 6) is 0.293. The first-order chi connectivity index (χ1) is 18.7. The maximum Gasteiger partial charge on any atom is 0.311 e. The molecule has 0 spiro atoms. The number of carbonyl (C=O) groups is 3. The maximum atomic E-state index is 11.0. The lowest BCUT2D eigenvalue weighted by Gasteiger charge is -2.18. The molecule has 7 nitrogen and oxygen atoms in total. The monoisotopic (exact) mass is 654 g/mol. The molecule has 0 atom stereocenters. The highest BCUT2D eigenvalue weighted by molar-refractivity contribution is 7.92. The van der Waals surface area contributed by atoms with Crippen LogP contribution in [0.25, 0.3) is 0 Å². The molecule has 0 aliphatic heterocycles. The number of ketones is 1. The van der Waals surface area contributed by atoms with Gasteiger partial charge in [0.1, 0.15) is 11.4 Å². The van der Waals surface area contributed by atoms with Crippen LogP contribution in [0.15, 0.2) is 0 Å². The fraction of sp³-hybridized carbons (Fsp3) is 0.882. The van der Waals surface area contributed by atoms with Crippen LogP contribution < -0.4 is 0 Å². The second-order valence-corrected chi connectivity index (χ2v) is 18.5. The third-order valence-corrected chi connectivity index (χ3v) is 8.75. The van der Waals surface area contributed by atoms with Crippen molar-refractivity contribution in [1.29, 1.82) is 0 Å². The smallest absolute Gasteiger partial charge is 0.311 e. The minimum Gasteiger partial charge on any atom is -0.466 e. The largest absolute Gasteiger partial charge is 0.466 e. The molecule has 0 aliphatic carbocycles. The molecular weight excluding hydrogens is 585 g/mol. The lowest BCUT2D eigenvalue weighted by Crippen LogP contribution is -2.29. The molecule has 0 N–H and O–H groups in total. The molecule has 9 heteroatoms. The molecule has 0 saturated heterocycles. The summed E-state index contributed by atoms with van der Waals surface area (Å²) in [6, 6.07) is 0. The summed E-state index contributed by atoms with van der Waals surface area (Å²) < 4.78 is 31.2. The lowest BCUT2D eigenvalue weighted by molar-refractivity contribution is -0.154. The summed E-state index contributed by atoms with van der Waals surface area (Å²) in [6.07, 6.45) is 2.14. The number of ether oxygens (including phenoxy) is 2. The quantitative estimate of drug-likeness (QED) is 0.213. The van der Waals surface area contributed by atoms with Gasteiger partial charge >= 0.3 is 11.9 Å². The van der Waals surface area contributed by atoms with Crippen molar-refractivity contribution < 1.29 is 32.3 Å². The molecule has 0 aromatic heterocycles. The fourth-order valence-corrected chi connectivity index (χ4v) is 3.12. The molecule has 0 aromatic rings. The van der Waals surface area contributed by atoms with Crippen molar-refractivity contribution in [3.8, 4) is 0 Å². The Morgan fingerprint density at radius 1 is 0.605 bits per heavy atom. The zero-order chi connectivity index (χ0) is 36.3. The topological polar surface area (TPSA) is 104 Å². The summed E-state index contributed by atoms with van der Waals surface area (Å²) in [4.78, 5) is 33.4. The van der Waals surface area contributed by atoms with E-state index in [0.29, 0.717) is 25.2 Å². The van der Waals surface area contributed by atoms with Crippen LogP contribution in [-0.2, 0) is 33.7 Å². The number of hydrogen-bond acceptors (Lipinski definition) is 8. The summed E-state index contributed by atoms with van der Waals surface area (Å²) in [5.41, 5.74) is -0.568. The van der Waals surface area contributed by atoms with Crippen LogP contribution in [0.5, 0.6) is 0 Å². The summed E-state index contributed by atoms with van der Waals surface area (Å²) in [5, 5.41) is 0. The number of carbonyl (C=O) groups excluding carboxylic acids is 3. The Morgan fingerprint density at radius 2 is 1.00 bits per heavy atom. The van der Waals surface area contributed by atoms with Crippen LogP contribution in [0.2, 0.25) is 0 Å². The van der Waals surface area contributed by atoms with Crippen molar-refractivity contribution in [3.05, 3.63) is 0 Å². The Balaban J connectivity index is -0.000000140. The van der Waals surface area contributed by atoms with Gasteiger partial charge in [0.2, 0.25) is 0 Å². The van der Waals surface area contributed by atoms with Gasteiger partial charge in [-0.2, -0.15) is 0 Å². The van der Waals surface area contributed by atoms with Crippen LogP contribution in [0.1, 0.15) is 158 Å². The van der Waals surface area contributed by atoms with Gasteiger partial charge in [-0.3, -0.25) is 14.4 Å². The number of hydrogen-bond donors (Lipinski definition) is 0. The van der Waals surface area contributed by atoms with Crippen LogP contribution in [0.4, 0.5) is 0 Å². The third kappa shape index (κ3) is 33.4. The zero-order valence-corrected chi connectivity index (χ0v) is 33.3. The Morgan fingerprint density at radius 3 is 1.05 bits per heavy atom. The van der Waals surface area contributed by atoms with Gasteiger partial charge in [-0.1, -0.05) is 81.5 Å². The van der Waals surface area contributed by atoms with Crippen molar-refractivity contribution in [2.45, 2.75) is 168 Å². The maximum absolute atomic E-state index is 11.0. The van der Waals surface area contributed by atoms with Crippen molar-refractivity contribution in [3.63, 3.8) is 0 Å². The Labute approximate surface area is 273 Å². The van der Waals surface area contributed by atoms with Gasteiger partial charge in [0.05, 0.1) is 16.8 Å². The van der Waals surface area contributed by atoms with Crippen molar-refractivity contribution >= 4 is 44.6 Å². The van der Waals surface area contributed by atoms with E-state index in [0.717, 1.165) is 11.3 Å². The van der Waals surface area contributed by atoms with E-state index in [-0.39, 0.29) is 39.5 Å². The first-order valence-corrected chi connectivity index (χ1v) is 17.5. The molecule has 0 unspecified atom stereocenters. The average Bonchev–Trinajstić information content (AvgIpc) is 2.81. The molecule has 0 bridgehead atoms. The number of rotatable bonds is 5. The molecule has 0 amide bonds.